The Kier molecular flexibility index (Phi) is 7.78. The molecule has 1 aromatic rings. The molecule has 158 valence electrons. The summed E-state index contributed by atoms with van der Waals surface area (Å²) < 4.78 is 63.6. The number of rotatable bonds is 10. The second-order valence-electron chi connectivity index (χ2n) is 6.75. The lowest BCUT2D eigenvalue weighted by Crippen LogP contribution is -2.63. The molecule has 0 aliphatic rings. The van der Waals surface area contributed by atoms with Crippen molar-refractivity contribution in [1.82, 2.24) is 0 Å². The van der Waals surface area contributed by atoms with Crippen LogP contribution in [0.3, 0.4) is 0 Å². The van der Waals surface area contributed by atoms with Gasteiger partial charge in [0.25, 0.3) is 0 Å². The van der Waals surface area contributed by atoms with Gasteiger partial charge in [-0.2, -0.15) is 13.2 Å². The molecule has 0 heterocycles. The number of hydrogen-bond acceptors (Lipinski definition) is 5. The maximum atomic E-state index is 12.8. The van der Waals surface area contributed by atoms with Gasteiger partial charge in [-0.15, -0.1) is 0 Å². The number of carbonyl (C=O) groups is 2. The van der Waals surface area contributed by atoms with Gasteiger partial charge in [0.2, 0.25) is 5.91 Å². The highest BCUT2D eigenvalue weighted by Crippen LogP contribution is 2.30. The second-order valence-corrected chi connectivity index (χ2v) is 9.03. The van der Waals surface area contributed by atoms with E-state index >= 15 is 0 Å². The van der Waals surface area contributed by atoms with Crippen LogP contribution in [0.25, 0.3) is 0 Å². The average Bonchev–Trinajstić information content (AvgIpc) is 2.59. The molecular formula is C18H25F3N2O4S. The van der Waals surface area contributed by atoms with Crippen molar-refractivity contribution in [2.24, 2.45) is 11.5 Å². The van der Waals surface area contributed by atoms with E-state index in [0.29, 0.717) is 37.8 Å². The fraction of sp³-hybridized carbons (Fsp3) is 0.556. The lowest BCUT2D eigenvalue weighted by atomic mass is 9.91. The van der Waals surface area contributed by atoms with Gasteiger partial charge in [0.15, 0.2) is 21.2 Å². The van der Waals surface area contributed by atoms with Crippen molar-refractivity contribution in [3.8, 4) is 0 Å². The lowest BCUT2D eigenvalue weighted by molar-refractivity contribution is -0.137. The van der Waals surface area contributed by atoms with Crippen molar-refractivity contribution in [1.29, 1.82) is 0 Å². The summed E-state index contributed by atoms with van der Waals surface area (Å²) in [6, 6.07) is 3.00. The highest BCUT2D eigenvalue weighted by Gasteiger charge is 2.46. The number of sulfone groups is 1. The first kappa shape index (κ1) is 24.1. The molecule has 1 atom stereocenters. The van der Waals surface area contributed by atoms with E-state index in [1.165, 1.54) is 0 Å². The van der Waals surface area contributed by atoms with Crippen LogP contribution in [-0.4, -0.2) is 36.6 Å². The first-order chi connectivity index (χ1) is 12.8. The van der Waals surface area contributed by atoms with Crippen LogP contribution >= 0.6 is 0 Å². The van der Waals surface area contributed by atoms with Gasteiger partial charge in [-0.1, -0.05) is 38.8 Å². The minimum atomic E-state index is -4.61. The van der Waals surface area contributed by atoms with Crippen molar-refractivity contribution >= 4 is 21.5 Å². The third kappa shape index (κ3) is 5.54. The summed E-state index contributed by atoms with van der Waals surface area (Å²) in [5, 5.41) is -0.787. The summed E-state index contributed by atoms with van der Waals surface area (Å²) >= 11 is 0. The van der Waals surface area contributed by atoms with Crippen LogP contribution < -0.4 is 11.5 Å². The highest BCUT2D eigenvalue weighted by atomic mass is 32.2. The van der Waals surface area contributed by atoms with E-state index in [-0.39, 0.29) is 5.56 Å². The number of primary amides is 1. The Hall–Kier alpha value is -1.94. The summed E-state index contributed by atoms with van der Waals surface area (Å²) in [4.78, 5) is 24.6. The molecular weight excluding hydrogens is 397 g/mol. The minimum Gasteiger partial charge on any atom is -0.368 e. The summed E-state index contributed by atoms with van der Waals surface area (Å²) in [6.45, 7) is 3.60. The van der Waals surface area contributed by atoms with E-state index in [1.54, 1.807) is 13.8 Å². The van der Waals surface area contributed by atoms with E-state index in [2.05, 4.69) is 0 Å². The fourth-order valence-corrected chi connectivity index (χ4v) is 5.23. The monoisotopic (exact) mass is 422 g/mol. The van der Waals surface area contributed by atoms with Crippen LogP contribution in [0.4, 0.5) is 13.2 Å². The topological polar surface area (TPSA) is 120 Å². The average molecular weight is 422 g/mol. The largest absolute Gasteiger partial charge is 0.416 e. The van der Waals surface area contributed by atoms with E-state index in [4.69, 9.17) is 11.5 Å². The van der Waals surface area contributed by atoms with Crippen LogP contribution in [0, 0.1) is 0 Å². The molecule has 28 heavy (non-hydrogen) atoms. The molecule has 0 saturated carbocycles. The number of nitrogens with two attached hydrogens (primary N) is 2. The van der Waals surface area contributed by atoms with Crippen molar-refractivity contribution in [3.05, 3.63) is 35.4 Å². The molecule has 6 nitrogen and oxygen atoms in total. The highest BCUT2D eigenvalue weighted by molar-refractivity contribution is 7.92. The van der Waals surface area contributed by atoms with E-state index < -0.39 is 49.8 Å². The molecule has 0 spiro atoms. The number of ketones is 1. The quantitative estimate of drug-likeness (QED) is 0.443. The maximum Gasteiger partial charge on any atom is 0.416 e. The first-order valence-electron chi connectivity index (χ1n) is 8.82. The van der Waals surface area contributed by atoms with Crippen LogP contribution in [0.1, 0.15) is 55.5 Å². The maximum absolute atomic E-state index is 12.8. The summed E-state index contributed by atoms with van der Waals surface area (Å²) in [7, 11) is -3.96. The molecule has 0 aromatic heterocycles. The number of benzene rings is 1. The number of halogens is 3. The van der Waals surface area contributed by atoms with Gasteiger partial charge in [0, 0.05) is 5.56 Å². The van der Waals surface area contributed by atoms with Crippen molar-refractivity contribution < 1.29 is 31.2 Å². The normalized spacial score (nSPS) is 14.7. The van der Waals surface area contributed by atoms with E-state index in [0.717, 1.165) is 12.1 Å². The fourth-order valence-electron chi connectivity index (χ4n) is 2.90. The standard InChI is InChI=1S/C18H25F3N2O4S/c1-3-5-14(6-4-2)28(26,27)11-17(23,16(22)25)15(24)12-7-9-13(10-8-12)18(19,20)21/h7-10,14H,3-6,11,23H2,1-2H3,(H2,22,25)/t17-/m1/s1. The molecule has 0 saturated heterocycles. The predicted octanol–water partition coefficient (Wildman–Crippen LogP) is 2.45. The summed E-state index contributed by atoms with van der Waals surface area (Å²) in [5.74, 6) is -3.49. The number of alkyl halides is 3. The van der Waals surface area contributed by atoms with Crippen molar-refractivity contribution in [2.75, 3.05) is 5.75 Å². The molecule has 1 rings (SSSR count). The third-order valence-corrected chi connectivity index (χ3v) is 6.82. The van der Waals surface area contributed by atoms with Gasteiger partial charge in [0.05, 0.1) is 16.6 Å². The predicted molar refractivity (Wildman–Crippen MR) is 99.3 cm³/mol. The van der Waals surface area contributed by atoms with Gasteiger partial charge in [0.1, 0.15) is 0 Å². The van der Waals surface area contributed by atoms with Gasteiger partial charge < -0.3 is 11.5 Å². The van der Waals surface area contributed by atoms with Crippen LogP contribution in [0.2, 0.25) is 0 Å². The number of carbonyl (C=O) groups excluding carboxylic acids is 2. The second kappa shape index (κ2) is 9.04. The molecule has 0 aliphatic heterocycles. The molecule has 10 heteroatoms. The number of hydrogen-bond donors (Lipinski definition) is 2. The van der Waals surface area contributed by atoms with Gasteiger partial charge in [-0.3, -0.25) is 9.59 Å². The molecule has 4 N–H and O–H groups in total. The van der Waals surface area contributed by atoms with Crippen molar-refractivity contribution in [3.63, 3.8) is 0 Å². The molecule has 1 amide bonds. The Balaban J connectivity index is 3.26. The van der Waals surface area contributed by atoms with Crippen LogP contribution in [0.15, 0.2) is 24.3 Å². The Bertz CT molecular complexity index is 801. The van der Waals surface area contributed by atoms with E-state index in [9.17, 15) is 31.2 Å². The smallest absolute Gasteiger partial charge is 0.368 e. The zero-order chi connectivity index (χ0) is 21.8. The Morgan fingerprint density at radius 3 is 1.86 bits per heavy atom. The molecule has 0 radical (unpaired) electrons. The number of amides is 1. The zero-order valence-corrected chi connectivity index (χ0v) is 16.6. The minimum absolute atomic E-state index is 0.327. The molecule has 0 bridgehead atoms. The first-order valence-corrected chi connectivity index (χ1v) is 10.5. The Morgan fingerprint density at radius 2 is 1.50 bits per heavy atom. The Morgan fingerprint density at radius 1 is 1.04 bits per heavy atom. The molecule has 0 aliphatic carbocycles. The van der Waals surface area contributed by atoms with Crippen LogP contribution in [0.5, 0.6) is 0 Å². The van der Waals surface area contributed by atoms with Gasteiger partial charge >= 0.3 is 6.18 Å². The summed E-state index contributed by atoms with van der Waals surface area (Å²) in [6.07, 6.45) is -2.79. The lowest BCUT2D eigenvalue weighted by Gasteiger charge is -2.27. The third-order valence-electron chi connectivity index (χ3n) is 4.48. The van der Waals surface area contributed by atoms with Crippen LogP contribution in [-0.2, 0) is 20.8 Å². The van der Waals surface area contributed by atoms with E-state index in [1.807, 2.05) is 0 Å². The SMILES string of the molecule is CCCC(CCC)S(=O)(=O)C[C@](N)(C(N)=O)C(=O)c1ccc(C(F)(F)F)cc1. The Labute approximate surface area is 162 Å². The van der Waals surface area contributed by atoms with Crippen molar-refractivity contribution in [2.45, 2.75) is 56.5 Å². The van der Waals surface area contributed by atoms with Gasteiger partial charge in [-0.05, 0) is 25.0 Å². The summed E-state index contributed by atoms with van der Waals surface area (Å²) in [5.41, 5.74) is 7.17. The molecule has 1 aromatic carbocycles. The molecule has 0 unspecified atom stereocenters. The number of Topliss-reactive ketones (excluding diaryl/α,β-unsaturated/α-hetero) is 1. The molecule has 0 fully saturated rings. The van der Waals surface area contributed by atoms with Gasteiger partial charge in [-0.25, -0.2) is 8.42 Å². The zero-order valence-electron chi connectivity index (χ0n) is 15.8.